The Morgan fingerprint density at radius 3 is 2.75 bits per heavy atom. The Labute approximate surface area is 123 Å². The van der Waals surface area contributed by atoms with Crippen molar-refractivity contribution < 1.29 is 4.74 Å². The van der Waals surface area contributed by atoms with Crippen LogP contribution in [0.15, 0.2) is 18.2 Å². The Morgan fingerprint density at radius 2 is 2.15 bits per heavy atom. The van der Waals surface area contributed by atoms with Crippen LogP contribution in [0, 0.1) is 13.8 Å². The highest BCUT2D eigenvalue weighted by Crippen LogP contribution is 2.18. The lowest BCUT2D eigenvalue weighted by molar-refractivity contribution is 0.0729. The first kappa shape index (κ1) is 15.5. The highest BCUT2D eigenvalue weighted by molar-refractivity contribution is 5.31. The summed E-state index contributed by atoms with van der Waals surface area (Å²) in [6.07, 6.45) is 2.79. The molecule has 1 aliphatic heterocycles. The Hall–Kier alpha value is -0.900. The van der Waals surface area contributed by atoms with Gasteiger partial charge in [0.1, 0.15) is 0 Å². The maximum absolute atomic E-state index is 6.38. The quantitative estimate of drug-likeness (QED) is 0.868. The first-order chi connectivity index (χ1) is 9.60. The molecule has 2 unspecified atom stereocenters. The van der Waals surface area contributed by atoms with Crippen molar-refractivity contribution >= 4 is 0 Å². The van der Waals surface area contributed by atoms with E-state index in [1.165, 1.54) is 29.5 Å². The summed E-state index contributed by atoms with van der Waals surface area (Å²) in [6, 6.07) is 6.63. The van der Waals surface area contributed by atoms with Crippen molar-refractivity contribution in [2.24, 2.45) is 5.73 Å². The number of likely N-dealkylation sites (N-methyl/N-ethyl adjacent to an activating group) is 1. The van der Waals surface area contributed by atoms with Gasteiger partial charge in [0.05, 0.1) is 6.10 Å². The largest absolute Gasteiger partial charge is 0.377 e. The van der Waals surface area contributed by atoms with Gasteiger partial charge in [0.2, 0.25) is 0 Å². The van der Waals surface area contributed by atoms with Gasteiger partial charge in [-0.25, -0.2) is 0 Å². The van der Waals surface area contributed by atoms with Gasteiger partial charge in [-0.05, 0) is 49.9 Å². The third kappa shape index (κ3) is 4.05. The summed E-state index contributed by atoms with van der Waals surface area (Å²) in [7, 11) is 0. The van der Waals surface area contributed by atoms with E-state index in [0.29, 0.717) is 6.10 Å². The second-order valence-corrected chi connectivity index (χ2v) is 5.94. The highest BCUT2D eigenvalue weighted by Gasteiger charge is 2.20. The van der Waals surface area contributed by atoms with Crippen molar-refractivity contribution in [3.8, 4) is 0 Å². The van der Waals surface area contributed by atoms with Crippen LogP contribution in [0.3, 0.4) is 0 Å². The summed E-state index contributed by atoms with van der Waals surface area (Å²) in [4.78, 5) is 2.41. The van der Waals surface area contributed by atoms with E-state index in [2.05, 4.69) is 43.9 Å². The molecule has 1 aromatic carbocycles. The number of hydrogen-bond acceptors (Lipinski definition) is 3. The molecule has 0 aromatic heterocycles. The zero-order valence-corrected chi connectivity index (χ0v) is 13.1. The molecule has 0 saturated carbocycles. The molecule has 0 radical (unpaired) electrons. The predicted molar refractivity (Wildman–Crippen MR) is 83.9 cm³/mol. The number of rotatable bonds is 6. The highest BCUT2D eigenvalue weighted by atomic mass is 16.5. The minimum atomic E-state index is 0.0793. The van der Waals surface area contributed by atoms with E-state index >= 15 is 0 Å². The first-order valence-corrected chi connectivity index (χ1v) is 7.76. The Kier molecular flexibility index (Phi) is 5.58. The van der Waals surface area contributed by atoms with Crippen LogP contribution in [0.1, 0.15) is 42.5 Å². The van der Waals surface area contributed by atoms with E-state index in [9.17, 15) is 0 Å². The number of nitrogens with zero attached hydrogens (tertiary/aromatic N) is 1. The topological polar surface area (TPSA) is 38.5 Å². The fourth-order valence-electron chi connectivity index (χ4n) is 2.79. The first-order valence-electron chi connectivity index (χ1n) is 7.76. The zero-order chi connectivity index (χ0) is 14.5. The summed E-state index contributed by atoms with van der Waals surface area (Å²) < 4.78 is 5.72. The van der Waals surface area contributed by atoms with Gasteiger partial charge in [0, 0.05) is 25.7 Å². The summed E-state index contributed by atoms with van der Waals surface area (Å²) in [5.74, 6) is 0. The average Bonchev–Trinajstić information content (AvgIpc) is 2.93. The fourth-order valence-corrected chi connectivity index (χ4v) is 2.79. The molecule has 3 nitrogen and oxygen atoms in total. The smallest absolute Gasteiger partial charge is 0.0702 e. The SMILES string of the molecule is CCN(CC1CCCO1)CC(N)c1ccc(C)c(C)c1. The molecule has 3 heteroatoms. The minimum Gasteiger partial charge on any atom is -0.377 e. The third-order valence-electron chi connectivity index (χ3n) is 4.35. The molecule has 1 saturated heterocycles. The van der Waals surface area contributed by atoms with Crippen molar-refractivity contribution in [2.75, 3.05) is 26.2 Å². The van der Waals surface area contributed by atoms with Crippen LogP contribution in [0.4, 0.5) is 0 Å². The zero-order valence-electron chi connectivity index (χ0n) is 13.1. The molecule has 0 aliphatic carbocycles. The Bertz CT molecular complexity index is 427. The van der Waals surface area contributed by atoms with E-state index in [1.807, 2.05) is 0 Å². The molecule has 2 atom stereocenters. The molecule has 0 bridgehead atoms. The molecule has 1 fully saturated rings. The summed E-state index contributed by atoms with van der Waals surface area (Å²) in [5.41, 5.74) is 10.3. The van der Waals surface area contributed by atoms with Crippen molar-refractivity contribution in [1.82, 2.24) is 4.90 Å². The fraction of sp³-hybridized carbons (Fsp3) is 0.647. The number of aryl methyl sites for hydroxylation is 2. The van der Waals surface area contributed by atoms with Crippen molar-refractivity contribution in [3.63, 3.8) is 0 Å². The number of benzene rings is 1. The van der Waals surface area contributed by atoms with Crippen LogP contribution in [0.2, 0.25) is 0 Å². The van der Waals surface area contributed by atoms with Crippen molar-refractivity contribution in [2.45, 2.75) is 45.8 Å². The van der Waals surface area contributed by atoms with Gasteiger partial charge in [0.25, 0.3) is 0 Å². The van der Waals surface area contributed by atoms with Gasteiger partial charge in [0.15, 0.2) is 0 Å². The lowest BCUT2D eigenvalue weighted by atomic mass is 10.0. The van der Waals surface area contributed by atoms with Crippen LogP contribution in [0.25, 0.3) is 0 Å². The van der Waals surface area contributed by atoms with E-state index in [4.69, 9.17) is 10.5 Å². The molecular weight excluding hydrogens is 248 g/mol. The molecule has 2 N–H and O–H groups in total. The second-order valence-electron chi connectivity index (χ2n) is 5.94. The molecule has 20 heavy (non-hydrogen) atoms. The van der Waals surface area contributed by atoms with E-state index < -0.39 is 0 Å². The van der Waals surface area contributed by atoms with Crippen LogP contribution < -0.4 is 5.73 Å². The van der Waals surface area contributed by atoms with E-state index in [0.717, 1.165) is 26.2 Å². The van der Waals surface area contributed by atoms with Crippen molar-refractivity contribution in [1.29, 1.82) is 0 Å². The second kappa shape index (κ2) is 7.21. The Morgan fingerprint density at radius 1 is 1.35 bits per heavy atom. The van der Waals surface area contributed by atoms with Gasteiger partial charge in [-0.15, -0.1) is 0 Å². The van der Waals surface area contributed by atoms with Gasteiger partial charge >= 0.3 is 0 Å². The molecule has 1 aliphatic rings. The standard InChI is InChI=1S/C17H28N2O/c1-4-19(11-16-6-5-9-20-16)12-17(18)15-8-7-13(2)14(3)10-15/h7-8,10,16-17H,4-6,9,11-12,18H2,1-3H3. The monoisotopic (exact) mass is 276 g/mol. The molecule has 0 spiro atoms. The van der Waals surface area contributed by atoms with Crippen LogP contribution in [0.5, 0.6) is 0 Å². The maximum atomic E-state index is 6.38. The lowest BCUT2D eigenvalue weighted by Crippen LogP contribution is -2.37. The van der Waals surface area contributed by atoms with Gasteiger partial charge in [-0.2, -0.15) is 0 Å². The molecule has 1 heterocycles. The molecule has 112 valence electrons. The molecule has 0 amide bonds. The van der Waals surface area contributed by atoms with Crippen LogP contribution in [-0.2, 0) is 4.74 Å². The van der Waals surface area contributed by atoms with Crippen LogP contribution >= 0.6 is 0 Å². The normalized spacial score (nSPS) is 20.6. The van der Waals surface area contributed by atoms with Gasteiger partial charge in [-0.3, -0.25) is 4.90 Å². The summed E-state index contributed by atoms with van der Waals surface area (Å²) in [5, 5.41) is 0. The third-order valence-corrected chi connectivity index (χ3v) is 4.35. The molecule has 2 rings (SSSR count). The minimum absolute atomic E-state index is 0.0793. The van der Waals surface area contributed by atoms with Crippen LogP contribution in [-0.4, -0.2) is 37.2 Å². The average molecular weight is 276 g/mol. The van der Waals surface area contributed by atoms with Gasteiger partial charge < -0.3 is 10.5 Å². The number of nitrogens with two attached hydrogens (primary N) is 1. The Balaban J connectivity index is 1.93. The summed E-state index contributed by atoms with van der Waals surface area (Å²) in [6.45, 7) is 10.3. The predicted octanol–water partition coefficient (Wildman–Crippen LogP) is 2.80. The molecular formula is C17H28N2O. The van der Waals surface area contributed by atoms with Crippen molar-refractivity contribution in [3.05, 3.63) is 34.9 Å². The molecule has 1 aromatic rings. The maximum Gasteiger partial charge on any atom is 0.0702 e. The number of ether oxygens (including phenoxy) is 1. The van der Waals surface area contributed by atoms with E-state index in [1.54, 1.807) is 0 Å². The summed E-state index contributed by atoms with van der Waals surface area (Å²) >= 11 is 0. The van der Waals surface area contributed by atoms with E-state index in [-0.39, 0.29) is 6.04 Å². The van der Waals surface area contributed by atoms with Gasteiger partial charge in [-0.1, -0.05) is 25.1 Å². The lowest BCUT2D eigenvalue weighted by Gasteiger charge is -2.27. The number of hydrogen-bond donors (Lipinski definition) is 1.